The molecule has 16 heavy (non-hydrogen) atoms. The number of amides is 1. The number of carbonyl (C=O) groups excluding carboxylic acids is 2. The van der Waals surface area contributed by atoms with E-state index in [0.717, 1.165) is 5.56 Å². The molecule has 84 valence electrons. The maximum Gasteiger partial charge on any atom is 0.410 e. The Labute approximate surface area is 93.8 Å². The third kappa shape index (κ3) is 2.05. The average molecular weight is 219 g/mol. The van der Waals surface area contributed by atoms with Crippen LogP contribution in [0.5, 0.6) is 0 Å². The van der Waals surface area contributed by atoms with Gasteiger partial charge in [0.15, 0.2) is 5.78 Å². The van der Waals surface area contributed by atoms with Crippen molar-refractivity contribution in [3.8, 4) is 0 Å². The molecule has 1 aromatic rings. The number of benzene rings is 1. The molecule has 1 fully saturated rings. The van der Waals surface area contributed by atoms with Crippen molar-refractivity contribution in [1.82, 2.24) is 4.90 Å². The summed E-state index contributed by atoms with van der Waals surface area (Å²) in [6, 6.07) is 7.37. The summed E-state index contributed by atoms with van der Waals surface area (Å²) in [5, 5.41) is 0. The Hall–Kier alpha value is -1.84. The third-order valence-corrected chi connectivity index (χ3v) is 2.62. The number of Topliss-reactive ketones (excluding diaryl/α,β-unsaturated/α-hetero) is 1. The zero-order chi connectivity index (χ0) is 11.5. The number of nitrogens with zero attached hydrogens (tertiary/aromatic N) is 1. The van der Waals surface area contributed by atoms with E-state index in [9.17, 15) is 9.59 Å². The van der Waals surface area contributed by atoms with Gasteiger partial charge in [0.1, 0.15) is 6.61 Å². The number of cyclic esters (lactones) is 1. The second-order valence-corrected chi connectivity index (χ2v) is 3.77. The largest absolute Gasteiger partial charge is 0.448 e. The minimum atomic E-state index is -0.401. The van der Waals surface area contributed by atoms with Gasteiger partial charge < -0.3 is 4.74 Å². The van der Waals surface area contributed by atoms with Gasteiger partial charge in [0, 0.05) is 5.56 Å². The van der Waals surface area contributed by atoms with Gasteiger partial charge in [-0.3, -0.25) is 9.69 Å². The molecule has 1 aromatic carbocycles. The molecule has 4 heteroatoms. The first kappa shape index (κ1) is 10.7. The van der Waals surface area contributed by atoms with Crippen molar-refractivity contribution in [3.05, 3.63) is 35.4 Å². The van der Waals surface area contributed by atoms with Crippen molar-refractivity contribution in [3.63, 3.8) is 0 Å². The zero-order valence-corrected chi connectivity index (χ0v) is 9.10. The molecule has 4 nitrogen and oxygen atoms in total. The zero-order valence-electron chi connectivity index (χ0n) is 9.10. The predicted octanol–water partition coefficient (Wildman–Crippen LogP) is 1.63. The van der Waals surface area contributed by atoms with E-state index in [1.54, 1.807) is 6.07 Å². The van der Waals surface area contributed by atoms with Crippen molar-refractivity contribution in [2.75, 3.05) is 19.7 Å². The standard InChI is InChI=1S/C12H13NO3/c1-9-4-2-3-5-10(9)11(14)8-13-6-7-16-12(13)15/h2-5H,6-8H2,1H3. The normalized spacial score (nSPS) is 15.1. The van der Waals surface area contributed by atoms with E-state index >= 15 is 0 Å². The first-order valence-corrected chi connectivity index (χ1v) is 5.19. The molecule has 0 aromatic heterocycles. The van der Waals surface area contributed by atoms with E-state index in [4.69, 9.17) is 4.74 Å². The van der Waals surface area contributed by atoms with Gasteiger partial charge in [0.25, 0.3) is 0 Å². The monoisotopic (exact) mass is 219 g/mol. The van der Waals surface area contributed by atoms with E-state index in [2.05, 4.69) is 0 Å². The molecular weight excluding hydrogens is 206 g/mol. The summed E-state index contributed by atoms with van der Waals surface area (Å²) < 4.78 is 4.77. The molecule has 0 radical (unpaired) electrons. The fourth-order valence-electron chi connectivity index (χ4n) is 1.71. The molecule has 1 amide bonds. The lowest BCUT2D eigenvalue weighted by Crippen LogP contribution is -2.30. The van der Waals surface area contributed by atoms with E-state index in [1.165, 1.54) is 4.90 Å². The SMILES string of the molecule is Cc1ccccc1C(=O)CN1CCOC1=O. The number of ketones is 1. The van der Waals surface area contributed by atoms with E-state index in [-0.39, 0.29) is 12.3 Å². The third-order valence-electron chi connectivity index (χ3n) is 2.62. The molecule has 1 aliphatic heterocycles. The van der Waals surface area contributed by atoms with Gasteiger partial charge in [-0.2, -0.15) is 0 Å². The van der Waals surface area contributed by atoms with Crippen molar-refractivity contribution in [2.24, 2.45) is 0 Å². The van der Waals surface area contributed by atoms with Crippen LogP contribution >= 0.6 is 0 Å². The molecule has 1 aliphatic rings. The highest BCUT2D eigenvalue weighted by molar-refractivity contribution is 6.00. The van der Waals surface area contributed by atoms with E-state index < -0.39 is 6.09 Å². The topological polar surface area (TPSA) is 46.6 Å². The van der Waals surface area contributed by atoms with Crippen LogP contribution in [-0.2, 0) is 4.74 Å². The number of hydrogen-bond donors (Lipinski definition) is 0. The van der Waals surface area contributed by atoms with Crippen LogP contribution in [0.1, 0.15) is 15.9 Å². The Morgan fingerprint density at radius 1 is 1.44 bits per heavy atom. The highest BCUT2D eigenvalue weighted by Crippen LogP contribution is 2.10. The molecule has 0 unspecified atom stereocenters. The van der Waals surface area contributed by atoms with Crippen LogP contribution < -0.4 is 0 Å². The number of rotatable bonds is 3. The minimum Gasteiger partial charge on any atom is -0.448 e. The van der Waals surface area contributed by atoms with Crippen LogP contribution in [0.3, 0.4) is 0 Å². The van der Waals surface area contributed by atoms with E-state index in [1.807, 2.05) is 25.1 Å². The van der Waals surface area contributed by atoms with Crippen molar-refractivity contribution in [2.45, 2.75) is 6.92 Å². The molecule has 1 saturated heterocycles. The first-order valence-electron chi connectivity index (χ1n) is 5.19. The Morgan fingerprint density at radius 3 is 2.81 bits per heavy atom. The minimum absolute atomic E-state index is 0.0445. The lowest BCUT2D eigenvalue weighted by molar-refractivity contribution is 0.0943. The fraction of sp³-hybridized carbons (Fsp3) is 0.333. The lowest BCUT2D eigenvalue weighted by atomic mass is 10.0. The summed E-state index contributed by atoms with van der Waals surface area (Å²) >= 11 is 0. The van der Waals surface area contributed by atoms with Gasteiger partial charge in [-0.25, -0.2) is 4.79 Å². The van der Waals surface area contributed by atoms with Crippen LogP contribution in [0.25, 0.3) is 0 Å². The highest BCUT2D eigenvalue weighted by Gasteiger charge is 2.24. The van der Waals surface area contributed by atoms with Gasteiger partial charge in [0.05, 0.1) is 13.1 Å². The molecule has 0 spiro atoms. The van der Waals surface area contributed by atoms with Crippen LogP contribution in [-0.4, -0.2) is 36.5 Å². The molecule has 0 N–H and O–H groups in total. The Morgan fingerprint density at radius 2 is 2.19 bits per heavy atom. The smallest absolute Gasteiger partial charge is 0.410 e. The quantitative estimate of drug-likeness (QED) is 0.726. The number of hydrogen-bond acceptors (Lipinski definition) is 3. The van der Waals surface area contributed by atoms with Crippen molar-refractivity contribution >= 4 is 11.9 Å². The second-order valence-electron chi connectivity index (χ2n) is 3.77. The summed E-state index contributed by atoms with van der Waals surface area (Å²) in [5.41, 5.74) is 1.60. The maximum atomic E-state index is 11.9. The van der Waals surface area contributed by atoms with Crippen LogP contribution in [0, 0.1) is 6.92 Å². The highest BCUT2D eigenvalue weighted by atomic mass is 16.6. The lowest BCUT2D eigenvalue weighted by Gasteiger charge is -2.12. The van der Waals surface area contributed by atoms with Gasteiger partial charge in [-0.1, -0.05) is 24.3 Å². The summed E-state index contributed by atoms with van der Waals surface area (Å²) in [6.45, 7) is 2.86. The summed E-state index contributed by atoms with van der Waals surface area (Å²) in [6.07, 6.45) is -0.401. The number of ether oxygens (including phenoxy) is 1. The number of carbonyl (C=O) groups is 2. The first-order chi connectivity index (χ1) is 7.68. The van der Waals surface area contributed by atoms with Gasteiger partial charge in [-0.05, 0) is 12.5 Å². The Balaban J connectivity index is 2.09. The van der Waals surface area contributed by atoms with Crippen LogP contribution in [0.15, 0.2) is 24.3 Å². The van der Waals surface area contributed by atoms with E-state index in [0.29, 0.717) is 18.7 Å². The van der Waals surface area contributed by atoms with Crippen molar-refractivity contribution < 1.29 is 14.3 Å². The van der Waals surface area contributed by atoms with Gasteiger partial charge in [0.2, 0.25) is 0 Å². The Bertz CT molecular complexity index is 428. The Kier molecular flexibility index (Phi) is 2.90. The number of aryl methyl sites for hydroxylation is 1. The summed E-state index contributed by atoms with van der Waals surface area (Å²) in [7, 11) is 0. The maximum absolute atomic E-state index is 11.9. The molecule has 1 heterocycles. The molecule has 2 rings (SSSR count). The summed E-state index contributed by atoms with van der Waals surface area (Å²) in [4.78, 5) is 24.5. The molecule has 0 atom stereocenters. The molecule has 0 aliphatic carbocycles. The average Bonchev–Trinajstić information content (AvgIpc) is 2.65. The van der Waals surface area contributed by atoms with Crippen LogP contribution in [0.2, 0.25) is 0 Å². The molecule has 0 saturated carbocycles. The molecular formula is C12H13NO3. The van der Waals surface area contributed by atoms with Crippen molar-refractivity contribution in [1.29, 1.82) is 0 Å². The molecule has 0 bridgehead atoms. The second kappa shape index (κ2) is 4.35. The van der Waals surface area contributed by atoms with Gasteiger partial charge in [-0.15, -0.1) is 0 Å². The predicted molar refractivity (Wildman–Crippen MR) is 58.4 cm³/mol. The summed E-state index contributed by atoms with van der Waals surface area (Å²) in [5.74, 6) is -0.0445. The van der Waals surface area contributed by atoms with Crippen LogP contribution in [0.4, 0.5) is 4.79 Å². The fourth-order valence-corrected chi connectivity index (χ4v) is 1.71. The van der Waals surface area contributed by atoms with Gasteiger partial charge >= 0.3 is 6.09 Å².